The first-order valence-electron chi connectivity index (χ1n) is 5.67. The van der Waals surface area contributed by atoms with Gasteiger partial charge < -0.3 is 10.1 Å². The first-order valence-corrected chi connectivity index (χ1v) is 5.67. The lowest BCUT2D eigenvalue weighted by Gasteiger charge is -2.25. The highest BCUT2D eigenvalue weighted by atomic mass is 19.1. The Morgan fingerprint density at radius 1 is 1.50 bits per heavy atom. The highest BCUT2D eigenvalue weighted by Gasteiger charge is 2.20. The van der Waals surface area contributed by atoms with Crippen molar-refractivity contribution < 1.29 is 14.1 Å². The van der Waals surface area contributed by atoms with E-state index in [9.17, 15) is 14.5 Å². The Balaban J connectivity index is 2.82. The molecule has 0 bridgehead atoms. The predicted octanol–water partition coefficient (Wildman–Crippen LogP) is 2.96. The van der Waals surface area contributed by atoms with Crippen molar-refractivity contribution in [1.82, 2.24) is 0 Å². The topological polar surface area (TPSA) is 64.4 Å². The molecule has 0 aliphatic heterocycles. The molecule has 0 saturated heterocycles. The normalized spacial score (nSPS) is 11.3. The molecular formula is C12H17FN2O3. The molecule has 5 nitrogen and oxygen atoms in total. The Morgan fingerprint density at radius 3 is 2.72 bits per heavy atom. The van der Waals surface area contributed by atoms with Crippen LogP contribution in [-0.4, -0.2) is 23.7 Å². The molecule has 0 fully saturated rings. The third kappa shape index (κ3) is 3.96. The second-order valence-electron chi connectivity index (χ2n) is 4.46. The van der Waals surface area contributed by atoms with Crippen molar-refractivity contribution in [2.75, 3.05) is 18.5 Å². The van der Waals surface area contributed by atoms with Gasteiger partial charge >= 0.3 is 0 Å². The van der Waals surface area contributed by atoms with Crippen molar-refractivity contribution in [3.63, 3.8) is 0 Å². The van der Waals surface area contributed by atoms with Crippen LogP contribution in [0, 0.1) is 15.9 Å². The molecule has 6 heteroatoms. The van der Waals surface area contributed by atoms with Gasteiger partial charge in [0.15, 0.2) is 0 Å². The molecule has 0 unspecified atom stereocenters. The standard InChI is InChI=1S/C12H17FN2O3/c1-4-18-12(2,3)8-14-10-6-5-9(13)7-11(10)15(16)17/h5-7,14H,4,8H2,1-3H3. The van der Waals surface area contributed by atoms with E-state index in [2.05, 4.69) is 5.32 Å². The second kappa shape index (κ2) is 5.77. The number of hydrogen-bond donors (Lipinski definition) is 1. The van der Waals surface area contributed by atoms with Gasteiger partial charge in [0.2, 0.25) is 0 Å². The number of ether oxygens (including phenoxy) is 1. The summed E-state index contributed by atoms with van der Waals surface area (Å²) in [6.07, 6.45) is 0. The summed E-state index contributed by atoms with van der Waals surface area (Å²) in [7, 11) is 0. The fourth-order valence-corrected chi connectivity index (χ4v) is 1.56. The van der Waals surface area contributed by atoms with Crippen molar-refractivity contribution in [2.24, 2.45) is 0 Å². The summed E-state index contributed by atoms with van der Waals surface area (Å²) in [5.41, 5.74) is -0.437. The maximum Gasteiger partial charge on any atom is 0.295 e. The van der Waals surface area contributed by atoms with E-state index >= 15 is 0 Å². The summed E-state index contributed by atoms with van der Waals surface area (Å²) in [5.74, 6) is -0.628. The lowest BCUT2D eigenvalue weighted by atomic mass is 10.1. The van der Waals surface area contributed by atoms with Gasteiger partial charge in [-0.3, -0.25) is 10.1 Å². The average molecular weight is 256 g/mol. The number of nitrogens with one attached hydrogen (secondary N) is 1. The minimum atomic E-state index is -0.628. The number of nitrogens with zero attached hydrogens (tertiary/aromatic N) is 1. The molecule has 0 spiro atoms. The molecule has 1 N–H and O–H groups in total. The molecule has 0 heterocycles. The SMILES string of the molecule is CCOC(C)(C)CNc1ccc(F)cc1[N+](=O)[O-]. The predicted molar refractivity (Wildman–Crippen MR) is 67.2 cm³/mol. The lowest BCUT2D eigenvalue weighted by Crippen LogP contribution is -2.33. The van der Waals surface area contributed by atoms with Crippen LogP contribution in [0.5, 0.6) is 0 Å². The number of nitro benzene ring substituents is 1. The molecule has 1 aromatic carbocycles. The number of benzene rings is 1. The number of hydrogen-bond acceptors (Lipinski definition) is 4. The Kier molecular flexibility index (Phi) is 4.61. The zero-order chi connectivity index (χ0) is 13.8. The number of halogens is 1. The minimum Gasteiger partial charge on any atom is -0.377 e. The number of anilines is 1. The van der Waals surface area contributed by atoms with E-state index < -0.39 is 16.3 Å². The molecule has 0 atom stereocenters. The second-order valence-corrected chi connectivity index (χ2v) is 4.46. The van der Waals surface area contributed by atoms with E-state index in [-0.39, 0.29) is 11.4 Å². The summed E-state index contributed by atoms with van der Waals surface area (Å²) in [6.45, 7) is 6.58. The molecule has 0 aliphatic carbocycles. The van der Waals surface area contributed by atoms with Gasteiger partial charge in [-0.05, 0) is 32.9 Å². The average Bonchev–Trinajstić information content (AvgIpc) is 2.27. The van der Waals surface area contributed by atoms with Crippen LogP contribution in [0.15, 0.2) is 18.2 Å². The number of rotatable bonds is 6. The van der Waals surface area contributed by atoms with Crippen molar-refractivity contribution >= 4 is 11.4 Å². The molecule has 0 aromatic heterocycles. The summed E-state index contributed by atoms with van der Waals surface area (Å²) >= 11 is 0. The van der Waals surface area contributed by atoms with E-state index in [1.54, 1.807) is 0 Å². The van der Waals surface area contributed by atoms with Crippen LogP contribution in [0.25, 0.3) is 0 Å². The summed E-state index contributed by atoms with van der Waals surface area (Å²) in [5, 5.41) is 13.7. The maximum absolute atomic E-state index is 12.9. The molecular weight excluding hydrogens is 239 g/mol. The molecule has 1 aromatic rings. The third-order valence-electron chi connectivity index (χ3n) is 2.40. The van der Waals surface area contributed by atoms with Crippen LogP contribution in [-0.2, 0) is 4.74 Å². The highest BCUT2D eigenvalue weighted by Crippen LogP contribution is 2.25. The first-order chi connectivity index (χ1) is 8.35. The van der Waals surface area contributed by atoms with Gasteiger partial charge in [0.05, 0.1) is 16.6 Å². The molecule has 100 valence electrons. The van der Waals surface area contributed by atoms with Crippen LogP contribution in [0.3, 0.4) is 0 Å². The van der Waals surface area contributed by atoms with Gasteiger partial charge in [0.1, 0.15) is 11.5 Å². The zero-order valence-corrected chi connectivity index (χ0v) is 10.7. The van der Waals surface area contributed by atoms with Crippen LogP contribution in [0.1, 0.15) is 20.8 Å². The van der Waals surface area contributed by atoms with E-state index in [1.165, 1.54) is 12.1 Å². The zero-order valence-electron chi connectivity index (χ0n) is 10.7. The van der Waals surface area contributed by atoms with Gasteiger partial charge in [-0.1, -0.05) is 0 Å². The Hall–Kier alpha value is -1.69. The Morgan fingerprint density at radius 2 is 2.17 bits per heavy atom. The van der Waals surface area contributed by atoms with Gasteiger partial charge in [-0.2, -0.15) is 0 Å². The van der Waals surface area contributed by atoms with E-state index in [1.807, 2.05) is 20.8 Å². The summed E-state index contributed by atoms with van der Waals surface area (Å²) in [6, 6.07) is 3.44. The van der Waals surface area contributed by atoms with Crippen LogP contribution in [0.4, 0.5) is 15.8 Å². The van der Waals surface area contributed by atoms with Gasteiger partial charge in [0, 0.05) is 13.2 Å². The van der Waals surface area contributed by atoms with Crippen molar-refractivity contribution in [3.05, 3.63) is 34.1 Å². The lowest BCUT2D eigenvalue weighted by molar-refractivity contribution is -0.384. The van der Waals surface area contributed by atoms with E-state index in [4.69, 9.17) is 4.74 Å². The van der Waals surface area contributed by atoms with Crippen molar-refractivity contribution in [3.8, 4) is 0 Å². The van der Waals surface area contributed by atoms with E-state index in [0.29, 0.717) is 13.2 Å². The Labute approximate surface area is 105 Å². The quantitative estimate of drug-likeness (QED) is 0.627. The maximum atomic E-state index is 12.9. The smallest absolute Gasteiger partial charge is 0.295 e. The van der Waals surface area contributed by atoms with E-state index in [0.717, 1.165) is 6.07 Å². The molecule has 1 rings (SSSR count). The first kappa shape index (κ1) is 14.4. The molecule has 0 radical (unpaired) electrons. The monoisotopic (exact) mass is 256 g/mol. The van der Waals surface area contributed by atoms with Crippen molar-refractivity contribution in [1.29, 1.82) is 0 Å². The van der Waals surface area contributed by atoms with Crippen LogP contribution in [0.2, 0.25) is 0 Å². The van der Waals surface area contributed by atoms with Gasteiger partial charge in [0.25, 0.3) is 5.69 Å². The minimum absolute atomic E-state index is 0.276. The summed E-state index contributed by atoms with van der Waals surface area (Å²) < 4.78 is 18.4. The molecule has 0 amide bonds. The molecule has 18 heavy (non-hydrogen) atoms. The fourth-order valence-electron chi connectivity index (χ4n) is 1.56. The van der Waals surface area contributed by atoms with Crippen molar-refractivity contribution in [2.45, 2.75) is 26.4 Å². The molecule has 0 saturated carbocycles. The number of nitro groups is 1. The molecule has 0 aliphatic rings. The highest BCUT2D eigenvalue weighted by molar-refractivity contribution is 5.61. The van der Waals surface area contributed by atoms with Crippen LogP contribution >= 0.6 is 0 Å². The van der Waals surface area contributed by atoms with Gasteiger partial charge in [-0.25, -0.2) is 4.39 Å². The fraction of sp³-hybridized carbons (Fsp3) is 0.500. The largest absolute Gasteiger partial charge is 0.377 e. The third-order valence-corrected chi connectivity index (χ3v) is 2.40. The Bertz CT molecular complexity index is 435. The van der Waals surface area contributed by atoms with Gasteiger partial charge in [-0.15, -0.1) is 0 Å². The summed E-state index contributed by atoms with van der Waals surface area (Å²) in [4.78, 5) is 10.2. The van der Waals surface area contributed by atoms with Crippen LogP contribution < -0.4 is 5.32 Å².